The first kappa shape index (κ1) is 23.8. The lowest BCUT2D eigenvalue weighted by Gasteiger charge is -2.30. The Balaban J connectivity index is 1.45. The Labute approximate surface area is 198 Å². The molecule has 4 rings (SSSR count). The molecule has 3 atom stereocenters. The minimum absolute atomic E-state index is 0.0458. The summed E-state index contributed by atoms with van der Waals surface area (Å²) in [7, 11) is 0. The average molecular weight is 467 g/mol. The van der Waals surface area contributed by atoms with Gasteiger partial charge < -0.3 is 25.2 Å². The van der Waals surface area contributed by atoms with Crippen molar-refractivity contribution in [1.29, 1.82) is 0 Å². The highest BCUT2D eigenvalue weighted by Gasteiger charge is 2.46. The van der Waals surface area contributed by atoms with Gasteiger partial charge in [-0.15, -0.1) is 0 Å². The Morgan fingerprint density at radius 2 is 1.74 bits per heavy atom. The van der Waals surface area contributed by atoms with Crippen LogP contribution in [0.15, 0.2) is 48.5 Å². The molecule has 1 saturated heterocycles. The third-order valence-electron chi connectivity index (χ3n) is 6.91. The van der Waals surface area contributed by atoms with E-state index in [0.29, 0.717) is 6.42 Å². The van der Waals surface area contributed by atoms with Crippen molar-refractivity contribution >= 4 is 18.0 Å². The van der Waals surface area contributed by atoms with Crippen LogP contribution < -0.4 is 10.6 Å². The monoisotopic (exact) mass is 466 g/mol. The Morgan fingerprint density at radius 1 is 1.12 bits per heavy atom. The lowest BCUT2D eigenvalue weighted by atomic mass is 9.94. The highest BCUT2D eigenvalue weighted by molar-refractivity contribution is 5.93. The van der Waals surface area contributed by atoms with E-state index in [2.05, 4.69) is 22.8 Å². The second-order valence-corrected chi connectivity index (χ2v) is 9.01. The lowest BCUT2D eigenvalue weighted by Crippen LogP contribution is -2.62. The molecule has 1 fully saturated rings. The molecule has 34 heavy (non-hydrogen) atoms. The van der Waals surface area contributed by atoms with Gasteiger partial charge in [0.1, 0.15) is 18.2 Å². The van der Waals surface area contributed by atoms with Crippen LogP contribution >= 0.6 is 0 Å². The summed E-state index contributed by atoms with van der Waals surface area (Å²) in [6.45, 7) is 3.96. The van der Waals surface area contributed by atoms with Gasteiger partial charge >= 0.3 is 12.1 Å². The van der Waals surface area contributed by atoms with Gasteiger partial charge in [-0.3, -0.25) is 4.79 Å². The predicted molar refractivity (Wildman–Crippen MR) is 125 cm³/mol. The molecule has 1 aliphatic carbocycles. The summed E-state index contributed by atoms with van der Waals surface area (Å²) >= 11 is 0. The van der Waals surface area contributed by atoms with Gasteiger partial charge in [-0.25, -0.2) is 9.59 Å². The van der Waals surface area contributed by atoms with Crippen molar-refractivity contribution in [2.75, 3.05) is 19.8 Å². The van der Waals surface area contributed by atoms with Gasteiger partial charge in [0.05, 0.1) is 6.61 Å². The number of aliphatic carboxylic acids is 1. The summed E-state index contributed by atoms with van der Waals surface area (Å²) in [5.74, 6) is -2.07. The van der Waals surface area contributed by atoms with Gasteiger partial charge in [-0.1, -0.05) is 68.8 Å². The molecule has 1 aliphatic heterocycles. The first-order chi connectivity index (χ1) is 16.4. The summed E-state index contributed by atoms with van der Waals surface area (Å²) in [6.07, 6.45) is 0.0779. The van der Waals surface area contributed by atoms with Crippen LogP contribution in [0.1, 0.15) is 43.7 Å². The zero-order valence-electron chi connectivity index (χ0n) is 19.4. The Kier molecular flexibility index (Phi) is 6.88. The second-order valence-electron chi connectivity index (χ2n) is 9.01. The molecular weight excluding hydrogens is 436 g/mol. The number of amides is 2. The third-order valence-corrected chi connectivity index (χ3v) is 6.91. The van der Waals surface area contributed by atoms with E-state index in [0.717, 1.165) is 22.3 Å². The summed E-state index contributed by atoms with van der Waals surface area (Å²) in [5.41, 5.74) is 3.05. The largest absolute Gasteiger partial charge is 0.480 e. The number of carboxylic acids is 1. The van der Waals surface area contributed by atoms with Crippen molar-refractivity contribution in [1.82, 2.24) is 10.6 Å². The number of benzene rings is 2. The van der Waals surface area contributed by atoms with Gasteiger partial charge in [-0.2, -0.15) is 0 Å². The molecule has 2 amide bonds. The smallest absolute Gasteiger partial charge is 0.408 e. The van der Waals surface area contributed by atoms with Crippen molar-refractivity contribution in [3.63, 3.8) is 0 Å². The van der Waals surface area contributed by atoms with Crippen molar-refractivity contribution < 1.29 is 29.0 Å². The zero-order chi connectivity index (χ0) is 24.3. The molecule has 2 aromatic carbocycles. The average Bonchev–Trinajstić information content (AvgIpc) is 3.44. The quantitative estimate of drug-likeness (QED) is 0.550. The van der Waals surface area contributed by atoms with E-state index in [-0.39, 0.29) is 38.1 Å². The normalized spacial score (nSPS) is 20.6. The molecule has 2 aromatic rings. The number of fused-ring (bicyclic) bond motifs is 3. The fraction of sp³-hybridized carbons (Fsp3) is 0.423. The van der Waals surface area contributed by atoms with Crippen LogP contribution in [-0.4, -0.2) is 54.5 Å². The fourth-order valence-corrected chi connectivity index (χ4v) is 4.69. The lowest BCUT2D eigenvalue weighted by molar-refractivity contribution is -0.144. The molecular formula is C26H30N2O6. The Hall–Kier alpha value is -3.39. The van der Waals surface area contributed by atoms with E-state index in [9.17, 15) is 19.5 Å². The Bertz CT molecular complexity index is 1030. The number of alkyl carbamates (subject to hydrolysis) is 1. The van der Waals surface area contributed by atoms with Crippen LogP contribution in [0, 0.1) is 5.92 Å². The maximum Gasteiger partial charge on any atom is 0.408 e. The number of carbonyl (C=O) groups is 3. The third kappa shape index (κ3) is 4.50. The van der Waals surface area contributed by atoms with E-state index in [1.165, 1.54) is 0 Å². The highest BCUT2D eigenvalue weighted by Crippen LogP contribution is 2.44. The number of carboxylic acid groups (broad SMARTS) is 1. The predicted octanol–water partition coefficient (Wildman–Crippen LogP) is 3.30. The number of nitrogens with one attached hydrogen (secondary N) is 2. The molecule has 1 heterocycles. The summed E-state index contributed by atoms with van der Waals surface area (Å²) < 4.78 is 11.0. The van der Waals surface area contributed by atoms with E-state index in [4.69, 9.17) is 9.47 Å². The van der Waals surface area contributed by atoms with Crippen LogP contribution in [-0.2, 0) is 19.1 Å². The Morgan fingerprint density at radius 3 is 2.26 bits per heavy atom. The summed E-state index contributed by atoms with van der Waals surface area (Å²) in [5, 5.41) is 14.8. The number of ether oxygens (including phenoxy) is 2. The molecule has 180 valence electrons. The topological polar surface area (TPSA) is 114 Å². The van der Waals surface area contributed by atoms with Crippen molar-refractivity contribution in [3.05, 3.63) is 59.7 Å². The van der Waals surface area contributed by atoms with E-state index < -0.39 is 29.6 Å². The van der Waals surface area contributed by atoms with Crippen molar-refractivity contribution in [2.24, 2.45) is 5.92 Å². The standard InChI is InChI=1S/C26H30N2O6/c1-3-16(2)22(23(29)30)27-24(31)26(12-13-33-15-26)28-25(32)34-14-21-19-10-6-4-8-17(19)18-9-5-7-11-20(18)21/h4-11,16,21-22H,3,12-15H2,1-2H3,(H,27,31)(H,28,32)(H,29,30). The molecule has 0 radical (unpaired) electrons. The van der Waals surface area contributed by atoms with Crippen LogP contribution in [0.25, 0.3) is 11.1 Å². The molecule has 8 nitrogen and oxygen atoms in total. The van der Waals surface area contributed by atoms with Gasteiger partial charge in [0.15, 0.2) is 0 Å². The molecule has 2 aliphatic rings. The number of hydrogen-bond acceptors (Lipinski definition) is 5. The van der Waals surface area contributed by atoms with Gasteiger partial charge in [0.25, 0.3) is 0 Å². The SMILES string of the molecule is CCC(C)C(NC(=O)C1(NC(=O)OCC2c3ccccc3-c3ccccc32)CCOC1)C(=O)O. The summed E-state index contributed by atoms with van der Waals surface area (Å²) in [6, 6.07) is 15.0. The first-order valence-corrected chi connectivity index (χ1v) is 11.6. The highest BCUT2D eigenvalue weighted by atomic mass is 16.6. The number of hydrogen-bond donors (Lipinski definition) is 3. The van der Waals surface area contributed by atoms with Crippen molar-refractivity contribution in [3.8, 4) is 11.1 Å². The molecule has 3 N–H and O–H groups in total. The summed E-state index contributed by atoms with van der Waals surface area (Å²) in [4.78, 5) is 37.6. The molecule has 0 saturated carbocycles. The number of rotatable bonds is 8. The van der Waals surface area contributed by atoms with Gasteiger partial charge in [-0.05, 0) is 28.2 Å². The van der Waals surface area contributed by atoms with Crippen LogP contribution in [0.5, 0.6) is 0 Å². The second kappa shape index (κ2) is 9.85. The number of carbonyl (C=O) groups excluding carboxylic acids is 2. The first-order valence-electron chi connectivity index (χ1n) is 11.6. The van der Waals surface area contributed by atoms with Crippen LogP contribution in [0.2, 0.25) is 0 Å². The van der Waals surface area contributed by atoms with Crippen LogP contribution in [0.3, 0.4) is 0 Å². The molecule has 0 spiro atoms. The minimum atomic E-state index is -1.37. The molecule has 0 aromatic heterocycles. The maximum absolute atomic E-state index is 13.1. The van der Waals surface area contributed by atoms with E-state index in [1.54, 1.807) is 6.92 Å². The van der Waals surface area contributed by atoms with Gasteiger partial charge in [0, 0.05) is 18.9 Å². The van der Waals surface area contributed by atoms with Crippen LogP contribution in [0.4, 0.5) is 4.79 Å². The maximum atomic E-state index is 13.1. The van der Waals surface area contributed by atoms with Crippen molar-refractivity contribution in [2.45, 2.75) is 44.2 Å². The molecule has 8 heteroatoms. The minimum Gasteiger partial charge on any atom is -0.480 e. The fourth-order valence-electron chi connectivity index (χ4n) is 4.69. The molecule has 0 bridgehead atoms. The molecule has 3 unspecified atom stereocenters. The van der Waals surface area contributed by atoms with E-state index in [1.807, 2.05) is 43.3 Å². The zero-order valence-corrected chi connectivity index (χ0v) is 19.4. The van der Waals surface area contributed by atoms with E-state index >= 15 is 0 Å². The van der Waals surface area contributed by atoms with Gasteiger partial charge in [0.2, 0.25) is 5.91 Å².